The van der Waals surface area contributed by atoms with E-state index in [1.165, 1.54) is 6.92 Å². The molecule has 0 aliphatic carbocycles. The van der Waals surface area contributed by atoms with Crippen LogP contribution >= 0.6 is 0 Å². The highest BCUT2D eigenvalue weighted by atomic mass is 16.1. The van der Waals surface area contributed by atoms with E-state index in [2.05, 4.69) is 15.4 Å². The average Bonchev–Trinajstić information content (AvgIpc) is 3.22. The van der Waals surface area contributed by atoms with Crippen molar-refractivity contribution in [3.63, 3.8) is 0 Å². The number of carbonyl (C=O) groups excluding carboxylic acids is 1. The second kappa shape index (κ2) is 6.96. The van der Waals surface area contributed by atoms with E-state index in [0.29, 0.717) is 0 Å². The molecule has 0 fully saturated rings. The van der Waals surface area contributed by atoms with Gasteiger partial charge in [0.25, 0.3) is 0 Å². The molecule has 132 valence electrons. The summed E-state index contributed by atoms with van der Waals surface area (Å²) in [6.07, 6.45) is 0. The molecule has 0 saturated carbocycles. The van der Waals surface area contributed by atoms with Gasteiger partial charge < -0.3 is 0 Å². The predicted octanol–water partition coefficient (Wildman–Crippen LogP) is 3.72. The lowest BCUT2D eigenvalue weighted by Gasteiger charge is -2.34. The van der Waals surface area contributed by atoms with Crippen molar-refractivity contribution in [3.8, 4) is 0 Å². The monoisotopic (exact) mass is 354 g/mol. The van der Waals surface area contributed by atoms with Gasteiger partial charge in [0.05, 0.1) is 0 Å². The molecule has 4 aromatic rings. The lowest BCUT2D eigenvalue weighted by atomic mass is 9.77. The fraction of sp³-hybridized carbons (Fsp3) is 0.0909. The van der Waals surface area contributed by atoms with Gasteiger partial charge >= 0.3 is 0 Å². The first kappa shape index (κ1) is 16.8. The Morgan fingerprint density at radius 1 is 0.741 bits per heavy atom. The summed E-state index contributed by atoms with van der Waals surface area (Å²) in [5.41, 5.74) is 2.10. The molecular formula is C22H18N4O. The van der Waals surface area contributed by atoms with Crippen LogP contribution in [0.2, 0.25) is 0 Å². The Hall–Kier alpha value is -3.60. The van der Waals surface area contributed by atoms with Crippen LogP contribution in [-0.2, 0) is 5.54 Å². The van der Waals surface area contributed by atoms with Crippen LogP contribution in [0.15, 0.2) is 91.0 Å². The van der Waals surface area contributed by atoms with Gasteiger partial charge in [-0.3, -0.25) is 4.79 Å². The minimum atomic E-state index is -0.843. The molecular weight excluding hydrogens is 336 g/mol. The first-order valence-electron chi connectivity index (χ1n) is 8.71. The van der Waals surface area contributed by atoms with Crippen molar-refractivity contribution in [3.05, 3.63) is 114 Å². The number of rotatable bonds is 5. The summed E-state index contributed by atoms with van der Waals surface area (Å²) >= 11 is 0. The fourth-order valence-corrected chi connectivity index (χ4v) is 3.38. The third kappa shape index (κ3) is 2.83. The molecule has 27 heavy (non-hydrogen) atoms. The summed E-state index contributed by atoms with van der Waals surface area (Å²) in [5, 5.41) is 12.7. The predicted molar refractivity (Wildman–Crippen MR) is 102 cm³/mol. The molecule has 0 unspecified atom stereocenters. The Morgan fingerprint density at radius 2 is 1.15 bits per heavy atom. The molecule has 4 rings (SSSR count). The van der Waals surface area contributed by atoms with Crippen LogP contribution in [0.25, 0.3) is 0 Å². The van der Waals surface area contributed by atoms with Crippen LogP contribution < -0.4 is 0 Å². The average molecular weight is 354 g/mol. The first-order valence-corrected chi connectivity index (χ1v) is 8.71. The van der Waals surface area contributed by atoms with Crippen LogP contribution in [0.5, 0.6) is 0 Å². The summed E-state index contributed by atoms with van der Waals surface area (Å²) in [6, 6.07) is 30.1. The number of benzene rings is 3. The Labute approximate surface area is 157 Å². The Morgan fingerprint density at radius 3 is 1.48 bits per heavy atom. The summed E-state index contributed by atoms with van der Waals surface area (Å²) in [6.45, 7) is 1.44. The lowest BCUT2D eigenvalue weighted by molar-refractivity contribution is 0.100. The maximum absolute atomic E-state index is 11.8. The number of tetrazole rings is 1. The standard InChI is InChI=1S/C22H18N4O/c1-17(27)21-23-25-26(24-21)22(18-11-5-2-6-12-18,19-13-7-3-8-14-19)20-15-9-4-10-16-20/h2-16H,1H3. The highest BCUT2D eigenvalue weighted by Gasteiger charge is 2.41. The highest BCUT2D eigenvalue weighted by Crippen LogP contribution is 2.39. The Balaban J connectivity index is 2.10. The van der Waals surface area contributed by atoms with Crippen molar-refractivity contribution in [2.24, 2.45) is 0 Å². The number of carbonyl (C=O) groups is 1. The van der Waals surface area contributed by atoms with Crippen LogP contribution in [0, 0.1) is 0 Å². The number of nitrogens with zero attached hydrogens (tertiary/aromatic N) is 4. The van der Waals surface area contributed by atoms with Gasteiger partial charge in [0.15, 0.2) is 5.54 Å². The van der Waals surface area contributed by atoms with E-state index in [1.807, 2.05) is 91.0 Å². The zero-order chi connectivity index (χ0) is 18.7. The van der Waals surface area contributed by atoms with Gasteiger partial charge in [-0.05, 0) is 21.9 Å². The molecule has 0 spiro atoms. The highest BCUT2D eigenvalue weighted by molar-refractivity contribution is 5.89. The van der Waals surface area contributed by atoms with Gasteiger partial charge in [0.1, 0.15) is 0 Å². The molecule has 1 heterocycles. The van der Waals surface area contributed by atoms with Crippen molar-refractivity contribution < 1.29 is 4.79 Å². The Bertz CT molecular complexity index is 947. The van der Waals surface area contributed by atoms with E-state index in [-0.39, 0.29) is 11.6 Å². The minimum Gasteiger partial charge on any atom is -0.291 e. The number of aromatic nitrogens is 4. The summed E-state index contributed by atoms with van der Waals surface area (Å²) < 4.78 is 0. The summed E-state index contributed by atoms with van der Waals surface area (Å²) in [4.78, 5) is 13.4. The van der Waals surface area contributed by atoms with Gasteiger partial charge in [-0.2, -0.15) is 0 Å². The number of hydrogen-bond donors (Lipinski definition) is 0. The van der Waals surface area contributed by atoms with Crippen LogP contribution in [0.4, 0.5) is 0 Å². The molecule has 3 aromatic carbocycles. The minimum absolute atomic E-state index is 0.0992. The van der Waals surface area contributed by atoms with Gasteiger partial charge in [0, 0.05) is 6.92 Å². The van der Waals surface area contributed by atoms with E-state index >= 15 is 0 Å². The first-order chi connectivity index (χ1) is 13.2. The third-order valence-corrected chi connectivity index (χ3v) is 4.60. The third-order valence-electron chi connectivity index (χ3n) is 4.60. The molecule has 5 nitrogen and oxygen atoms in total. The molecule has 0 N–H and O–H groups in total. The van der Waals surface area contributed by atoms with Crippen LogP contribution in [-0.4, -0.2) is 26.0 Å². The topological polar surface area (TPSA) is 60.7 Å². The van der Waals surface area contributed by atoms with E-state index in [1.54, 1.807) is 4.80 Å². The zero-order valence-corrected chi connectivity index (χ0v) is 14.9. The molecule has 0 bridgehead atoms. The van der Waals surface area contributed by atoms with Gasteiger partial charge in [0.2, 0.25) is 11.6 Å². The molecule has 0 atom stereocenters. The number of Topliss-reactive ketones (excluding diaryl/α,β-unsaturated/α-hetero) is 1. The molecule has 0 amide bonds. The van der Waals surface area contributed by atoms with Gasteiger partial charge in [-0.1, -0.05) is 91.0 Å². The van der Waals surface area contributed by atoms with Gasteiger partial charge in [-0.25, -0.2) is 0 Å². The Kier molecular flexibility index (Phi) is 4.34. The maximum Gasteiger partial charge on any atom is 0.240 e. The van der Waals surface area contributed by atoms with E-state index in [4.69, 9.17) is 0 Å². The van der Waals surface area contributed by atoms with Crippen molar-refractivity contribution in [1.82, 2.24) is 20.2 Å². The van der Waals surface area contributed by atoms with Crippen molar-refractivity contribution >= 4 is 5.78 Å². The maximum atomic E-state index is 11.8. The quantitative estimate of drug-likeness (QED) is 0.405. The van der Waals surface area contributed by atoms with Crippen LogP contribution in [0.1, 0.15) is 34.2 Å². The van der Waals surface area contributed by atoms with Crippen LogP contribution in [0.3, 0.4) is 0 Å². The zero-order valence-electron chi connectivity index (χ0n) is 14.9. The lowest BCUT2D eigenvalue weighted by Crippen LogP contribution is -2.39. The molecule has 0 saturated heterocycles. The molecule has 1 aromatic heterocycles. The van der Waals surface area contributed by atoms with Crippen molar-refractivity contribution in [2.75, 3.05) is 0 Å². The fourth-order valence-electron chi connectivity index (χ4n) is 3.38. The summed E-state index contributed by atoms with van der Waals surface area (Å²) in [7, 11) is 0. The van der Waals surface area contributed by atoms with Crippen molar-refractivity contribution in [1.29, 1.82) is 0 Å². The second-order valence-corrected chi connectivity index (χ2v) is 6.27. The molecule has 0 aliphatic rings. The van der Waals surface area contributed by atoms with E-state index < -0.39 is 5.54 Å². The van der Waals surface area contributed by atoms with E-state index in [9.17, 15) is 4.79 Å². The molecule has 0 aliphatic heterocycles. The second-order valence-electron chi connectivity index (χ2n) is 6.27. The smallest absolute Gasteiger partial charge is 0.240 e. The van der Waals surface area contributed by atoms with E-state index in [0.717, 1.165) is 16.7 Å². The summed E-state index contributed by atoms with van der Waals surface area (Å²) in [5.74, 6) is -0.119. The van der Waals surface area contributed by atoms with Gasteiger partial charge in [-0.15, -0.1) is 15.0 Å². The molecule has 5 heteroatoms. The normalized spacial score (nSPS) is 11.3. The number of hydrogen-bond acceptors (Lipinski definition) is 4. The SMILES string of the molecule is CC(=O)c1nnn(C(c2ccccc2)(c2ccccc2)c2ccccc2)n1. The molecule has 0 radical (unpaired) electrons. The largest absolute Gasteiger partial charge is 0.291 e. The number of ketones is 1. The van der Waals surface area contributed by atoms with Crippen molar-refractivity contribution in [2.45, 2.75) is 12.5 Å².